The smallest absolute Gasteiger partial charge is 0.335 e. The highest BCUT2D eigenvalue weighted by Crippen LogP contribution is 2.19. The van der Waals surface area contributed by atoms with Crippen LogP contribution in [-0.2, 0) is 18.4 Å². The number of carbonyl (C=O) groups is 1. The second-order valence-corrected chi connectivity index (χ2v) is 11.7. The van der Waals surface area contributed by atoms with Crippen LogP contribution >= 0.6 is 0 Å². The van der Waals surface area contributed by atoms with Gasteiger partial charge in [-0.25, -0.2) is 4.79 Å². The van der Waals surface area contributed by atoms with Crippen molar-refractivity contribution in [3.63, 3.8) is 0 Å². The second-order valence-electron chi connectivity index (χ2n) is 8.39. The van der Waals surface area contributed by atoms with Crippen LogP contribution in [-0.4, -0.2) is 34.4 Å². The lowest BCUT2D eigenvalue weighted by Gasteiger charge is -2.27. The van der Waals surface area contributed by atoms with Crippen molar-refractivity contribution in [1.29, 1.82) is 0 Å². The summed E-state index contributed by atoms with van der Waals surface area (Å²) in [7, 11) is -2.21. The molecule has 0 radical (unpaired) electrons. The largest absolute Gasteiger partial charge is 0.462 e. The zero-order valence-corrected chi connectivity index (χ0v) is 20.9. The highest BCUT2D eigenvalue weighted by Gasteiger charge is 2.31. The first-order valence-corrected chi connectivity index (χ1v) is 14.6. The minimum absolute atomic E-state index is 0.311. The Kier molecular flexibility index (Phi) is 18.9. The average Bonchev–Trinajstić information content (AvgIpc) is 2.69. The number of hydrogen-bond donors (Lipinski definition) is 0. The highest BCUT2D eigenvalue weighted by atomic mass is 28.4. The molecule has 0 aromatic carbocycles. The van der Waals surface area contributed by atoms with Crippen LogP contribution in [0.25, 0.3) is 0 Å². The monoisotopic (exact) mass is 428 g/mol. The fourth-order valence-electron chi connectivity index (χ4n) is 3.21. The van der Waals surface area contributed by atoms with E-state index in [1.807, 2.05) is 0 Å². The minimum atomic E-state index is -2.21. The molecule has 0 aliphatic carbocycles. The van der Waals surface area contributed by atoms with E-state index >= 15 is 0 Å². The molecule has 0 spiro atoms. The van der Waals surface area contributed by atoms with Crippen molar-refractivity contribution >= 4 is 14.5 Å². The van der Waals surface area contributed by atoms with Gasteiger partial charge in [0, 0.05) is 18.8 Å². The van der Waals surface area contributed by atoms with Crippen LogP contribution < -0.4 is 0 Å². The van der Waals surface area contributed by atoms with E-state index in [4.69, 9.17) is 13.6 Å². The molecule has 4 nitrogen and oxygen atoms in total. The van der Waals surface area contributed by atoms with Crippen LogP contribution in [0.4, 0.5) is 0 Å². The van der Waals surface area contributed by atoms with Gasteiger partial charge in [0.15, 0.2) is 0 Å². The maximum absolute atomic E-state index is 11.5. The molecule has 0 unspecified atom stereocenters. The molecular formula is C24H48O4Si. The van der Waals surface area contributed by atoms with Crippen molar-refractivity contribution in [3.05, 3.63) is 12.2 Å². The van der Waals surface area contributed by atoms with Gasteiger partial charge in [0.2, 0.25) is 0 Å². The molecule has 172 valence electrons. The van der Waals surface area contributed by atoms with E-state index < -0.39 is 8.56 Å². The molecule has 0 amide bonds. The van der Waals surface area contributed by atoms with Gasteiger partial charge in [0.1, 0.15) is 0 Å². The van der Waals surface area contributed by atoms with Crippen LogP contribution in [0.5, 0.6) is 0 Å². The Bertz CT molecular complexity index is 394. The number of esters is 1. The van der Waals surface area contributed by atoms with Gasteiger partial charge in [-0.15, -0.1) is 0 Å². The van der Waals surface area contributed by atoms with E-state index in [0.717, 1.165) is 38.5 Å². The van der Waals surface area contributed by atoms with Gasteiger partial charge in [-0.2, -0.15) is 0 Å². The first-order valence-electron chi connectivity index (χ1n) is 12.1. The molecule has 0 saturated carbocycles. The molecule has 0 rings (SSSR count). The van der Waals surface area contributed by atoms with Crippen molar-refractivity contribution in [1.82, 2.24) is 0 Å². The van der Waals surface area contributed by atoms with Gasteiger partial charge in [0.05, 0.1) is 6.61 Å². The number of rotatable bonds is 21. The van der Waals surface area contributed by atoms with Crippen molar-refractivity contribution in [2.45, 2.75) is 117 Å². The van der Waals surface area contributed by atoms with E-state index in [1.54, 1.807) is 6.92 Å². The Morgan fingerprint density at radius 2 is 1.17 bits per heavy atom. The third kappa shape index (κ3) is 17.9. The summed E-state index contributed by atoms with van der Waals surface area (Å²) in [6.45, 7) is 13.9. The molecule has 5 heteroatoms. The molecule has 0 atom stereocenters. The first kappa shape index (κ1) is 28.3. The summed E-state index contributed by atoms with van der Waals surface area (Å²) in [4.78, 5) is 11.5. The zero-order valence-electron chi connectivity index (χ0n) is 19.9. The topological polar surface area (TPSA) is 44.8 Å². The predicted octanol–water partition coefficient (Wildman–Crippen LogP) is 7.32. The number of carbonyl (C=O) groups excluding carboxylic acids is 1. The molecule has 0 aromatic heterocycles. The van der Waals surface area contributed by atoms with Crippen LogP contribution in [0.1, 0.15) is 104 Å². The Morgan fingerprint density at radius 1 is 0.724 bits per heavy atom. The molecule has 0 aliphatic heterocycles. The summed E-state index contributed by atoms with van der Waals surface area (Å²) in [6, 6.07) is 0.863. The van der Waals surface area contributed by atoms with Crippen LogP contribution in [0.2, 0.25) is 12.6 Å². The second kappa shape index (κ2) is 19.3. The van der Waals surface area contributed by atoms with E-state index in [0.29, 0.717) is 12.2 Å². The Labute approximate surface area is 182 Å². The number of unbranched alkanes of at least 4 members (excludes halogenated alkanes) is 10. The van der Waals surface area contributed by atoms with Crippen molar-refractivity contribution < 1.29 is 18.4 Å². The molecule has 29 heavy (non-hydrogen) atoms. The molecule has 0 N–H and O–H groups in total. The molecule has 0 heterocycles. The van der Waals surface area contributed by atoms with E-state index in [1.165, 1.54) is 64.2 Å². The summed E-state index contributed by atoms with van der Waals surface area (Å²) >= 11 is 0. The van der Waals surface area contributed by atoms with Gasteiger partial charge in [-0.1, -0.05) is 84.6 Å². The minimum Gasteiger partial charge on any atom is -0.462 e. The van der Waals surface area contributed by atoms with Gasteiger partial charge in [-0.05, 0) is 38.8 Å². The van der Waals surface area contributed by atoms with E-state index in [9.17, 15) is 4.79 Å². The van der Waals surface area contributed by atoms with Crippen molar-refractivity contribution in [3.8, 4) is 0 Å². The first-order chi connectivity index (χ1) is 13.9. The standard InChI is InChI=1S/C24H48O4Si/c1-6-8-10-12-14-16-20-27-29(5,22-18-19-26-24(25)23(3)4)28-21-17-15-13-11-9-7-2/h3,6-22H2,1-2,4-5H3. The quantitative estimate of drug-likeness (QED) is 0.0831. The summed E-state index contributed by atoms with van der Waals surface area (Å²) in [5, 5.41) is 0. The maximum Gasteiger partial charge on any atom is 0.335 e. The summed E-state index contributed by atoms with van der Waals surface area (Å²) in [5.74, 6) is -0.311. The maximum atomic E-state index is 11.5. The molecule has 0 bridgehead atoms. The molecule has 0 fully saturated rings. The van der Waals surface area contributed by atoms with Gasteiger partial charge in [-0.3, -0.25) is 0 Å². The molecule has 0 aliphatic rings. The lowest BCUT2D eigenvalue weighted by atomic mass is 10.1. The van der Waals surface area contributed by atoms with Crippen LogP contribution in [0, 0.1) is 0 Å². The third-order valence-electron chi connectivity index (χ3n) is 5.17. The van der Waals surface area contributed by atoms with Crippen LogP contribution in [0.3, 0.4) is 0 Å². The lowest BCUT2D eigenvalue weighted by Crippen LogP contribution is -2.39. The normalized spacial score (nSPS) is 11.6. The SMILES string of the molecule is C=C(C)C(=O)OCCC[Si](C)(OCCCCCCCC)OCCCCCCCC. The summed E-state index contributed by atoms with van der Waals surface area (Å²) in [6.07, 6.45) is 15.9. The van der Waals surface area contributed by atoms with Crippen LogP contribution in [0.15, 0.2) is 12.2 Å². The zero-order chi connectivity index (χ0) is 21.8. The van der Waals surface area contributed by atoms with E-state index in [-0.39, 0.29) is 5.97 Å². The fraction of sp³-hybridized carbons (Fsp3) is 0.875. The number of hydrogen-bond acceptors (Lipinski definition) is 4. The third-order valence-corrected chi connectivity index (χ3v) is 8.06. The molecular weight excluding hydrogens is 380 g/mol. The predicted molar refractivity (Wildman–Crippen MR) is 125 cm³/mol. The van der Waals surface area contributed by atoms with Gasteiger partial charge in [0.25, 0.3) is 0 Å². The summed E-state index contributed by atoms with van der Waals surface area (Å²) < 4.78 is 17.8. The van der Waals surface area contributed by atoms with Gasteiger partial charge >= 0.3 is 14.5 Å². The Hall–Kier alpha value is -0.653. The fourth-order valence-corrected chi connectivity index (χ4v) is 5.52. The number of ether oxygens (including phenoxy) is 1. The van der Waals surface area contributed by atoms with E-state index in [2.05, 4.69) is 27.0 Å². The van der Waals surface area contributed by atoms with Crippen molar-refractivity contribution in [2.75, 3.05) is 19.8 Å². The lowest BCUT2D eigenvalue weighted by molar-refractivity contribution is -0.138. The molecule has 0 aromatic rings. The Balaban J connectivity index is 4.19. The molecule has 0 saturated heterocycles. The van der Waals surface area contributed by atoms with Gasteiger partial charge < -0.3 is 13.6 Å². The highest BCUT2D eigenvalue weighted by molar-refractivity contribution is 6.66. The average molecular weight is 429 g/mol. The van der Waals surface area contributed by atoms with Crippen molar-refractivity contribution in [2.24, 2.45) is 0 Å². The Morgan fingerprint density at radius 3 is 1.62 bits per heavy atom. The summed E-state index contributed by atoms with van der Waals surface area (Å²) in [5.41, 5.74) is 0.448.